The van der Waals surface area contributed by atoms with Crippen molar-refractivity contribution in [2.24, 2.45) is 11.8 Å². The number of aliphatic hydroxyl groups excluding tert-OH is 1. The quantitative estimate of drug-likeness (QED) is 0.310. The standard InChI is InChI=1S/C22H40O5/c23-20-16-12-11-14-18(20)13-9-7-5-3-1-2-4-6-8-10-15-19(22(26)27)17-21(24)25/h18-20,23H,1-17H2,(H,24,25)(H,26,27). The number of unbranched alkanes of at least 4 members (excludes halogenated alkanes) is 9. The first-order valence-electron chi connectivity index (χ1n) is 11.1. The van der Waals surface area contributed by atoms with Gasteiger partial charge in [0.15, 0.2) is 0 Å². The molecule has 1 aliphatic rings. The van der Waals surface area contributed by atoms with Gasteiger partial charge in [-0.2, -0.15) is 0 Å². The molecule has 0 aromatic heterocycles. The molecular formula is C22H40O5. The van der Waals surface area contributed by atoms with E-state index in [1.54, 1.807) is 0 Å². The van der Waals surface area contributed by atoms with E-state index in [0.717, 1.165) is 25.7 Å². The van der Waals surface area contributed by atoms with E-state index in [0.29, 0.717) is 12.3 Å². The number of carbonyl (C=O) groups is 2. The summed E-state index contributed by atoms with van der Waals surface area (Å²) in [6.07, 6.45) is 17.7. The highest BCUT2D eigenvalue weighted by Gasteiger charge is 2.22. The number of carboxylic acid groups (broad SMARTS) is 2. The average molecular weight is 385 g/mol. The van der Waals surface area contributed by atoms with Gasteiger partial charge in [0, 0.05) is 0 Å². The molecule has 1 rings (SSSR count). The first-order valence-corrected chi connectivity index (χ1v) is 11.1. The lowest BCUT2D eigenvalue weighted by molar-refractivity contribution is -0.148. The summed E-state index contributed by atoms with van der Waals surface area (Å²) in [4.78, 5) is 21.6. The number of carboxylic acids is 2. The first-order chi connectivity index (χ1) is 13.0. The summed E-state index contributed by atoms with van der Waals surface area (Å²) in [7, 11) is 0. The van der Waals surface area contributed by atoms with Gasteiger partial charge in [-0.15, -0.1) is 0 Å². The molecule has 27 heavy (non-hydrogen) atoms. The van der Waals surface area contributed by atoms with Crippen molar-refractivity contribution in [2.75, 3.05) is 0 Å². The van der Waals surface area contributed by atoms with Crippen LogP contribution in [0.2, 0.25) is 0 Å². The van der Waals surface area contributed by atoms with E-state index in [9.17, 15) is 14.7 Å². The molecule has 0 saturated heterocycles. The Bertz CT molecular complexity index is 410. The second-order valence-electron chi connectivity index (χ2n) is 8.36. The van der Waals surface area contributed by atoms with Crippen molar-refractivity contribution in [3.8, 4) is 0 Å². The molecule has 1 aliphatic carbocycles. The van der Waals surface area contributed by atoms with Crippen LogP contribution in [0.5, 0.6) is 0 Å². The molecule has 0 aromatic rings. The van der Waals surface area contributed by atoms with Crippen molar-refractivity contribution in [3.63, 3.8) is 0 Å². The molecule has 0 spiro atoms. The highest BCUT2D eigenvalue weighted by atomic mass is 16.4. The fourth-order valence-corrected chi connectivity index (χ4v) is 4.26. The molecule has 0 radical (unpaired) electrons. The van der Waals surface area contributed by atoms with Gasteiger partial charge in [-0.3, -0.25) is 9.59 Å². The smallest absolute Gasteiger partial charge is 0.307 e. The Balaban J connectivity index is 1.86. The van der Waals surface area contributed by atoms with Gasteiger partial charge in [0.1, 0.15) is 0 Å². The summed E-state index contributed by atoms with van der Waals surface area (Å²) in [6, 6.07) is 0. The van der Waals surface area contributed by atoms with Gasteiger partial charge in [-0.25, -0.2) is 0 Å². The molecule has 1 saturated carbocycles. The molecule has 0 aromatic carbocycles. The molecule has 3 N–H and O–H groups in total. The predicted octanol–water partition coefficient (Wildman–Crippen LogP) is 5.39. The largest absolute Gasteiger partial charge is 0.481 e. The molecule has 1 fully saturated rings. The van der Waals surface area contributed by atoms with Gasteiger partial charge < -0.3 is 15.3 Å². The lowest BCUT2D eigenvalue weighted by atomic mass is 9.83. The van der Waals surface area contributed by atoms with Crippen LogP contribution in [0.3, 0.4) is 0 Å². The predicted molar refractivity (Wildman–Crippen MR) is 107 cm³/mol. The van der Waals surface area contributed by atoms with Crippen LogP contribution in [-0.4, -0.2) is 33.4 Å². The lowest BCUT2D eigenvalue weighted by Gasteiger charge is -2.27. The van der Waals surface area contributed by atoms with Crippen LogP contribution in [0.25, 0.3) is 0 Å². The minimum Gasteiger partial charge on any atom is -0.481 e. The van der Waals surface area contributed by atoms with Gasteiger partial charge in [0.25, 0.3) is 0 Å². The van der Waals surface area contributed by atoms with Crippen molar-refractivity contribution < 1.29 is 24.9 Å². The zero-order valence-electron chi connectivity index (χ0n) is 16.9. The van der Waals surface area contributed by atoms with Crippen LogP contribution in [0.15, 0.2) is 0 Å². The molecular weight excluding hydrogens is 344 g/mol. The SMILES string of the molecule is O=C(O)CC(CCCCCCCCCCCCC1CCCCC1O)C(=O)O. The van der Waals surface area contributed by atoms with Gasteiger partial charge in [-0.05, 0) is 31.6 Å². The fraction of sp³-hybridized carbons (Fsp3) is 0.909. The van der Waals surface area contributed by atoms with Crippen LogP contribution in [-0.2, 0) is 9.59 Å². The summed E-state index contributed by atoms with van der Waals surface area (Å²) < 4.78 is 0. The Morgan fingerprint density at radius 2 is 1.30 bits per heavy atom. The van der Waals surface area contributed by atoms with Crippen LogP contribution in [0.1, 0.15) is 109 Å². The normalized spacial score (nSPS) is 21.1. The van der Waals surface area contributed by atoms with Crippen molar-refractivity contribution in [3.05, 3.63) is 0 Å². The van der Waals surface area contributed by atoms with E-state index in [-0.39, 0.29) is 12.5 Å². The monoisotopic (exact) mass is 384 g/mol. The summed E-state index contributed by atoms with van der Waals surface area (Å²) in [5.74, 6) is -2.21. The third kappa shape index (κ3) is 12.1. The highest BCUT2D eigenvalue weighted by Crippen LogP contribution is 2.28. The molecule has 0 aliphatic heterocycles. The Kier molecular flexibility index (Phi) is 13.2. The third-order valence-corrected chi connectivity index (χ3v) is 6.02. The highest BCUT2D eigenvalue weighted by molar-refractivity contribution is 5.77. The molecule has 3 unspecified atom stereocenters. The van der Waals surface area contributed by atoms with Crippen LogP contribution in [0.4, 0.5) is 0 Å². The number of rotatable bonds is 16. The van der Waals surface area contributed by atoms with E-state index in [1.165, 1.54) is 70.6 Å². The summed E-state index contributed by atoms with van der Waals surface area (Å²) in [6.45, 7) is 0. The van der Waals surface area contributed by atoms with Crippen LogP contribution in [0, 0.1) is 11.8 Å². The topological polar surface area (TPSA) is 94.8 Å². The van der Waals surface area contributed by atoms with E-state index in [1.807, 2.05) is 0 Å². The molecule has 0 bridgehead atoms. The minimum absolute atomic E-state index is 0.0475. The van der Waals surface area contributed by atoms with Crippen molar-refractivity contribution in [1.82, 2.24) is 0 Å². The van der Waals surface area contributed by atoms with E-state index < -0.39 is 17.9 Å². The van der Waals surface area contributed by atoms with Crippen molar-refractivity contribution >= 4 is 11.9 Å². The maximum Gasteiger partial charge on any atom is 0.307 e. The maximum atomic E-state index is 11.0. The maximum absolute atomic E-state index is 11.0. The molecule has 0 heterocycles. The van der Waals surface area contributed by atoms with Gasteiger partial charge in [-0.1, -0.05) is 77.0 Å². The van der Waals surface area contributed by atoms with Crippen molar-refractivity contribution in [2.45, 2.75) is 115 Å². The van der Waals surface area contributed by atoms with Crippen molar-refractivity contribution in [1.29, 1.82) is 0 Å². The number of hydrogen-bond donors (Lipinski definition) is 3. The zero-order chi connectivity index (χ0) is 19.9. The Morgan fingerprint density at radius 1 is 0.778 bits per heavy atom. The molecule has 5 nitrogen and oxygen atoms in total. The average Bonchev–Trinajstić information content (AvgIpc) is 2.62. The number of aliphatic hydroxyl groups is 1. The molecule has 0 amide bonds. The first kappa shape index (κ1) is 23.9. The van der Waals surface area contributed by atoms with Crippen LogP contribution >= 0.6 is 0 Å². The second kappa shape index (κ2) is 14.9. The lowest BCUT2D eigenvalue weighted by Crippen LogP contribution is -2.24. The Labute approximate surface area is 164 Å². The van der Waals surface area contributed by atoms with E-state index in [4.69, 9.17) is 10.2 Å². The number of aliphatic carboxylic acids is 2. The summed E-state index contributed by atoms with van der Waals surface area (Å²) >= 11 is 0. The Morgan fingerprint density at radius 3 is 1.81 bits per heavy atom. The number of hydrogen-bond acceptors (Lipinski definition) is 3. The fourth-order valence-electron chi connectivity index (χ4n) is 4.26. The third-order valence-electron chi connectivity index (χ3n) is 6.02. The Hall–Kier alpha value is -1.10. The van der Waals surface area contributed by atoms with Gasteiger partial charge in [0.05, 0.1) is 18.4 Å². The van der Waals surface area contributed by atoms with E-state index >= 15 is 0 Å². The van der Waals surface area contributed by atoms with Crippen LogP contribution < -0.4 is 0 Å². The van der Waals surface area contributed by atoms with E-state index in [2.05, 4.69) is 0 Å². The zero-order valence-corrected chi connectivity index (χ0v) is 16.9. The molecule has 5 heteroatoms. The molecule has 158 valence electrons. The summed E-state index contributed by atoms with van der Waals surface area (Å²) in [5.41, 5.74) is 0. The summed E-state index contributed by atoms with van der Waals surface area (Å²) in [5, 5.41) is 27.7. The molecule has 3 atom stereocenters. The second-order valence-corrected chi connectivity index (χ2v) is 8.36. The minimum atomic E-state index is -1.03. The van der Waals surface area contributed by atoms with Gasteiger partial charge >= 0.3 is 11.9 Å². The van der Waals surface area contributed by atoms with Gasteiger partial charge in [0.2, 0.25) is 0 Å².